The molecular weight excluding hydrogens is 527 g/mol. The van der Waals surface area contributed by atoms with Crippen LogP contribution in [0.5, 0.6) is 11.5 Å². The maximum absolute atomic E-state index is 14.2. The highest BCUT2D eigenvalue weighted by Gasteiger charge is 2.37. The van der Waals surface area contributed by atoms with Gasteiger partial charge in [-0.25, -0.2) is 22.0 Å². The molecule has 5 nitrogen and oxygen atoms in total. The van der Waals surface area contributed by atoms with Gasteiger partial charge in [-0.05, 0) is 59.5 Å². The summed E-state index contributed by atoms with van der Waals surface area (Å²) in [7, 11) is 0. The number of nitrogens with zero attached hydrogens (tertiary/aromatic N) is 2. The normalized spacial score (nSPS) is 14.9. The Kier molecular flexibility index (Phi) is 7.64. The van der Waals surface area contributed by atoms with E-state index in [1.54, 1.807) is 19.1 Å². The Morgan fingerprint density at radius 2 is 1.62 bits per heavy atom. The van der Waals surface area contributed by atoms with Crippen molar-refractivity contribution in [2.45, 2.75) is 27.7 Å². The van der Waals surface area contributed by atoms with Crippen LogP contribution in [-0.4, -0.2) is 24.8 Å². The standard InChI is InChI=1S/C23H20BrF5N2O3/c1-5-33-15-8-12(7-14(24)22(15)34-9-10(2)3)6-13-11(4)30-31(23(13)32)21-19(28)17(26)16(25)18(27)20(21)29/h6-8,10H,5,9H2,1-4H3/b13-6-. The summed E-state index contributed by atoms with van der Waals surface area (Å²) in [6.07, 6.45) is 1.37. The van der Waals surface area contributed by atoms with E-state index in [0.29, 0.717) is 34.7 Å². The Morgan fingerprint density at radius 3 is 2.18 bits per heavy atom. The molecule has 1 heterocycles. The molecule has 3 rings (SSSR count). The molecule has 34 heavy (non-hydrogen) atoms. The zero-order valence-corrected chi connectivity index (χ0v) is 20.2. The molecule has 1 amide bonds. The number of hydrazone groups is 1. The van der Waals surface area contributed by atoms with Gasteiger partial charge in [-0.1, -0.05) is 13.8 Å². The maximum Gasteiger partial charge on any atom is 0.280 e. The van der Waals surface area contributed by atoms with E-state index >= 15 is 0 Å². The third-order valence-electron chi connectivity index (χ3n) is 4.66. The van der Waals surface area contributed by atoms with Crippen molar-refractivity contribution in [2.75, 3.05) is 18.2 Å². The van der Waals surface area contributed by atoms with Gasteiger partial charge in [0.1, 0.15) is 5.69 Å². The van der Waals surface area contributed by atoms with Crippen molar-refractivity contribution in [2.24, 2.45) is 11.0 Å². The summed E-state index contributed by atoms with van der Waals surface area (Å²) in [6.45, 7) is 7.88. The molecule has 0 atom stereocenters. The average molecular weight is 547 g/mol. The highest BCUT2D eigenvalue weighted by molar-refractivity contribution is 9.10. The Morgan fingerprint density at radius 1 is 1.03 bits per heavy atom. The summed E-state index contributed by atoms with van der Waals surface area (Å²) in [6, 6.07) is 3.23. The number of halogens is 6. The topological polar surface area (TPSA) is 51.1 Å². The van der Waals surface area contributed by atoms with Gasteiger partial charge in [-0.2, -0.15) is 10.1 Å². The number of carbonyl (C=O) groups is 1. The Hall–Kier alpha value is -2.95. The van der Waals surface area contributed by atoms with Gasteiger partial charge in [0.15, 0.2) is 34.8 Å². The van der Waals surface area contributed by atoms with Gasteiger partial charge in [0.2, 0.25) is 5.82 Å². The molecule has 11 heteroatoms. The molecule has 0 saturated carbocycles. The Balaban J connectivity index is 2.03. The van der Waals surface area contributed by atoms with Crippen LogP contribution in [0.1, 0.15) is 33.3 Å². The molecule has 0 aromatic heterocycles. The fourth-order valence-electron chi connectivity index (χ4n) is 3.11. The highest BCUT2D eigenvalue weighted by atomic mass is 79.9. The monoisotopic (exact) mass is 546 g/mol. The predicted molar refractivity (Wildman–Crippen MR) is 120 cm³/mol. The molecule has 0 spiro atoms. The highest BCUT2D eigenvalue weighted by Crippen LogP contribution is 2.39. The van der Waals surface area contributed by atoms with Crippen LogP contribution in [0.25, 0.3) is 6.08 Å². The largest absolute Gasteiger partial charge is 0.490 e. The van der Waals surface area contributed by atoms with Gasteiger partial charge in [0.05, 0.1) is 29.0 Å². The predicted octanol–water partition coefficient (Wildman–Crippen LogP) is 6.38. The average Bonchev–Trinajstić information content (AvgIpc) is 3.04. The molecular formula is C23H20BrF5N2O3. The molecule has 2 aromatic carbocycles. The summed E-state index contributed by atoms with van der Waals surface area (Å²) in [5.41, 5.74) is -1.08. The van der Waals surface area contributed by atoms with E-state index in [1.807, 2.05) is 13.8 Å². The van der Waals surface area contributed by atoms with Crippen LogP contribution in [0, 0.1) is 35.0 Å². The van der Waals surface area contributed by atoms with Gasteiger partial charge in [0.25, 0.3) is 5.91 Å². The number of benzene rings is 2. The first kappa shape index (κ1) is 25.7. The molecule has 182 valence electrons. The smallest absolute Gasteiger partial charge is 0.280 e. The Bertz CT molecular complexity index is 1180. The summed E-state index contributed by atoms with van der Waals surface area (Å²) in [4.78, 5) is 12.9. The van der Waals surface area contributed by atoms with Crippen molar-refractivity contribution < 1.29 is 36.2 Å². The number of ether oxygens (including phenoxy) is 2. The van der Waals surface area contributed by atoms with Crippen LogP contribution in [0.4, 0.5) is 27.6 Å². The molecule has 0 radical (unpaired) electrons. The molecule has 1 aliphatic heterocycles. The molecule has 2 aromatic rings. The minimum Gasteiger partial charge on any atom is -0.490 e. The summed E-state index contributed by atoms with van der Waals surface area (Å²) < 4.78 is 81.1. The summed E-state index contributed by atoms with van der Waals surface area (Å²) in [5.74, 6) is -10.9. The summed E-state index contributed by atoms with van der Waals surface area (Å²) in [5, 5.41) is 3.89. The Labute approximate surface area is 201 Å². The molecule has 0 N–H and O–H groups in total. The van der Waals surface area contributed by atoms with Crippen molar-refractivity contribution in [1.29, 1.82) is 0 Å². The number of anilines is 1. The number of rotatable bonds is 7. The van der Waals surface area contributed by atoms with Crippen molar-refractivity contribution in [3.63, 3.8) is 0 Å². The number of hydrogen-bond acceptors (Lipinski definition) is 4. The van der Waals surface area contributed by atoms with Crippen LogP contribution in [0.15, 0.2) is 27.3 Å². The van der Waals surface area contributed by atoms with Gasteiger partial charge < -0.3 is 9.47 Å². The van der Waals surface area contributed by atoms with Gasteiger partial charge in [-0.3, -0.25) is 4.79 Å². The lowest BCUT2D eigenvalue weighted by Crippen LogP contribution is -2.25. The van der Waals surface area contributed by atoms with E-state index in [0.717, 1.165) is 0 Å². The van der Waals surface area contributed by atoms with Crippen molar-refractivity contribution >= 4 is 39.3 Å². The lowest BCUT2D eigenvalue weighted by atomic mass is 10.1. The second-order valence-corrected chi connectivity index (χ2v) is 8.60. The van der Waals surface area contributed by atoms with Crippen LogP contribution in [-0.2, 0) is 4.79 Å². The molecule has 0 fully saturated rings. The van der Waals surface area contributed by atoms with Crippen LogP contribution in [0.3, 0.4) is 0 Å². The van der Waals surface area contributed by atoms with E-state index in [4.69, 9.17) is 9.47 Å². The van der Waals surface area contributed by atoms with Crippen molar-refractivity contribution in [3.05, 3.63) is 56.8 Å². The lowest BCUT2D eigenvalue weighted by Gasteiger charge is -2.16. The van der Waals surface area contributed by atoms with Crippen molar-refractivity contribution in [3.8, 4) is 11.5 Å². The first-order chi connectivity index (χ1) is 16.0. The molecule has 0 aliphatic carbocycles. The number of amides is 1. The van der Waals surface area contributed by atoms with Gasteiger partial charge >= 0.3 is 0 Å². The molecule has 0 saturated heterocycles. The molecule has 1 aliphatic rings. The van der Waals surface area contributed by atoms with E-state index in [9.17, 15) is 26.7 Å². The molecule has 0 bridgehead atoms. The van der Waals surface area contributed by atoms with Crippen molar-refractivity contribution in [1.82, 2.24) is 0 Å². The second kappa shape index (κ2) is 10.1. The second-order valence-electron chi connectivity index (χ2n) is 7.75. The van der Waals surface area contributed by atoms with Crippen LogP contribution >= 0.6 is 15.9 Å². The minimum atomic E-state index is -2.32. The van der Waals surface area contributed by atoms with Crippen LogP contribution < -0.4 is 14.5 Å². The first-order valence-corrected chi connectivity index (χ1v) is 11.0. The van der Waals surface area contributed by atoms with E-state index in [-0.39, 0.29) is 22.2 Å². The van der Waals surface area contributed by atoms with Gasteiger partial charge in [-0.15, -0.1) is 0 Å². The molecule has 0 unspecified atom stereocenters. The zero-order valence-electron chi connectivity index (χ0n) is 18.6. The van der Waals surface area contributed by atoms with E-state index < -0.39 is 40.7 Å². The van der Waals surface area contributed by atoms with E-state index in [1.165, 1.54) is 13.0 Å². The first-order valence-electron chi connectivity index (χ1n) is 10.2. The summed E-state index contributed by atoms with van der Waals surface area (Å²) >= 11 is 3.41. The number of carbonyl (C=O) groups excluding carboxylic acids is 1. The SMILES string of the molecule is CCOc1cc(/C=C2\C(=O)N(c3c(F)c(F)c(F)c(F)c3F)N=C2C)cc(Br)c1OCC(C)C. The third kappa shape index (κ3) is 4.79. The lowest BCUT2D eigenvalue weighted by molar-refractivity contribution is -0.114. The maximum atomic E-state index is 14.2. The zero-order chi connectivity index (χ0) is 25.3. The van der Waals surface area contributed by atoms with E-state index in [2.05, 4.69) is 21.0 Å². The number of hydrogen-bond donors (Lipinski definition) is 0. The quantitative estimate of drug-likeness (QED) is 0.175. The van der Waals surface area contributed by atoms with Gasteiger partial charge in [0, 0.05) is 0 Å². The van der Waals surface area contributed by atoms with Crippen LogP contribution in [0.2, 0.25) is 0 Å². The fourth-order valence-corrected chi connectivity index (χ4v) is 3.68. The fraction of sp³-hybridized carbons (Fsp3) is 0.304. The minimum absolute atomic E-state index is 0.0168. The third-order valence-corrected chi connectivity index (χ3v) is 5.25.